The molecule has 3 heterocycles. The monoisotopic (exact) mass is 559 g/mol. The van der Waals surface area contributed by atoms with Gasteiger partial charge in [0.05, 0.1) is 35.8 Å². The van der Waals surface area contributed by atoms with Gasteiger partial charge in [0.1, 0.15) is 12.0 Å². The number of anilines is 1. The number of rotatable bonds is 8. The summed E-state index contributed by atoms with van der Waals surface area (Å²) >= 11 is 6.11. The number of pyridine rings is 1. The number of hydrogen-bond donors (Lipinski definition) is 1. The Balaban J connectivity index is 1.29. The summed E-state index contributed by atoms with van der Waals surface area (Å²) in [5.41, 5.74) is 4.18. The van der Waals surface area contributed by atoms with Crippen molar-refractivity contribution in [2.24, 2.45) is 5.92 Å². The standard InChI is InChI=1S/C27H23ClFN9O2/c1-40-27(39)32-19-7-4-17(5-8-19)22-14-37(35-33-22)24(12-16-2-3-16)21-10-6-18(13-30-21)25-23(38-15-31-34-36-38)11-9-20(28)26(25)29/h4-11,13-16,24H,2-3,12H2,1H3,(H,32,39). The number of benzene rings is 2. The zero-order valence-corrected chi connectivity index (χ0v) is 22.0. The van der Waals surface area contributed by atoms with Crippen LogP contribution in [0.5, 0.6) is 0 Å². The molecule has 0 aliphatic heterocycles. The summed E-state index contributed by atoms with van der Waals surface area (Å²) in [5.74, 6) is 0.00654. The quantitative estimate of drug-likeness (QED) is 0.270. The average Bonchev–Trinajstić information content (AvgIpc) is 3.41. The lowest BCUT2D eigenvalue weighted by Crippen LogP contribution is -2.14. The van der Waals surface area contributed by atoms with Crippen molar-refractivity contribution in [3.8, 4) is 28.1 Å². The number of hydrogen-bond acceptors (Lipinski definition) is 8. The molecule has 6 rings (SSSR count). The Morgan fingerprint density at radius 1 is 1.12 bits per heavy atom. The van der Waals surface area contributed by atoms with Crippen LogP contribution < -0.4 is 5.32 Å². The average molecular weight is 560 g/mol. The van der Waals surface area contributed by atoms with E-state index < -0.39 is 11.9 Å². The van der Waals surface area contributed by atoms with Gasteiger partial charge >= 0.3 is 6.09 Å². The first-order valence-corrected chi connectivity index (χ1v) is 12.9. The molecular weight excluding hydrogens is 537 g/mol. The molecule has 1 atom stereocenters. The SMILES string of the molecule is COC(=O)Nc1ccc(-c2cn(C(CC3CC3)c3ccc(-c4c(-n5cnnn5)ccc(Cl)c4F)cn3)nn2)cc1. The molecule has 1 aliphatic carbocycles. The fourth-order valence-corrected chi connectivity index (χ4v) is 4.67. The topological polar surface area (TPSA) is 126 Å². The lowest BCUT2D eigenvalue weighted by atomic mass is 10.0. The van der Waals surface area contributed by atoms with Crippen LogP contribution in [0.2, 0.25) is 5.02 Å². The fraction of sp³-hybridized carbons (Fsp3) is 0.222. The van der Waals surface area contributed by atoms with Gasteiger partial charge in [0.2, 0.25) is 0 Å². The van der Waals surface area contributed by atoms with Crippen LogP contribution in [-0.2, 0) is 4.74 Å². The maximum atomic E-state index is 15.2. The van der Waals surface area contributed by atoms with Crippen molar-refractivity contribution in [2.75, 3.05) is 12.4 Å². The van der Waals surface area contributed by atoms with Crippen molar-refractivity contribution < 1.29 is 13.9 Å². The van der Waals surface area contributed by atoms with E-state index in [1.165, 1.54) is 24.2 Å². The van der Waals surface area contributed by atoms with Crippen LogP contribution in [0.1, 0.15) is 31.0 Å². The number of halogens is 2. The summed E-state index contributed by atoms with van der Waals surface area (Å²) in [6.07, 6.45) is 7.55. The van der Waals surface area contributed by atoms with Gasteiger partial charge in [-0.25, -0.2) is 13.9 Å². The highest BCUT2D eigenvalue weighted by Gasteiger charge is 2.29. The minimum absolute atomic E-state index is 0.00762. The number of nitrogens with zero attached hydrogens (tertiary/aromatic N) is 8. The number of carbonyl (C=O) groups is 1. The second kappa shape index (κ2) is 10.8. The summed E-state index contributed by atoms with van der Waals surface area (Å²) in [4.78, 5) is 16.2. The molecule has 3 aromatic heterocycles. The number of nitrogens with one attached hydrogen (secondary N) is 1. The van der Waals surface area contributed by atoms with Gasteiger partial charge in [0, 0.05) is 28.6 Å². The van der Waals surface area contributed by atoms with E-state index in [0.717, 1.165) is 30.5 Å². The number of tetrazole rings is 1. The Morgan fingerprint density at radius 3 is 2.60 bits per heavy atom. The predicted molar refractivity (Wildman–Crippen MR) is 144 cm³/mol. The molecule has 0 radical (unpaired) electrons. The van der Waals surface area contributed by atoms with Gasteiger partial charge in [-0.3, -0.25) is 10.3 Å². The third-order valence-corrected chi connectivity index (χ3v) is 7.07. The van der Waals surface area contributed by atoms with Gasteiger partial charge < -0.3 is 4.74 Å². The maximum absolute atomic E-state index is 15.2. The molecule has 5 aromatic rings. The Morgan fingerprint density at radius 2 is 1.93 bits per heavy atom. The van der Waals surface area contributed by atoms with Crippen molar-refractivity contribution >= 4 is 23.4 Å². The molecule has 1 amide bonds. The lowest BCUT2D eigenvalue weighted by molar-refractivity contribution is 0.187. The van der Waals surface area contributed by atoms with Crippen LogP contribution in [0, 0.1) is 11.7 Å². The van der Waals surface area contributed by atoms with Gasteiger partial charge in [-0.05, 0) is 53.1 Å². The van der Waals surface area contributed by atoms with E-state index in [4.69, 9.17) is 16.6 Å². The molecule has 0 spiro atoms. The second-order valence-electron chi connectivity index (χ2n) is 9.45. The molecule has 11 nitrogen and oxygen atoms in total. The molecule has 1 aliphatic rings. The van der Waals surface area contributed by atoms with Crippen molar-refractivity contribution in [3.63, 3.8) is 0 Å². The summed E-state index contributed by atoms with van der Waals surface area (Å²) in [6, 6.07) is 13.9. The summed E-state index contributed by atoms with van der Waals surface area (Å²) in [5, 5.41) is 22.6. The Labute approximate surface area is 233 Å². The number of carbonyl (C=O) groups excluding carboxylic acids is 1. The van der Waals surface area contributed by atoms with E-state index in [-0.39, 0.29) is 16.6 Å². The predicted octanol–water partition coefficient (Wildman–Crippen LogP) is 5.34. The van der Waals surface area contributed by atoms with Crippen LogP contribution >= 0.6 is 11.6 Å². The van der Waals surface area contributed by atoms with Gasteiger partial charge in [-0.15, -0.1) is 10.2 Å². The zero-order chi connectivity index (χ0) is 27.6. The first-order chi connectivity index (χ1) is 19.5. The molecular formula is C27H23ClFN9O2. The highest BCUT2D eigenvalue weighted by atomic mass is 35.5. The number of amides is 1. The van der Waals surface area contributed by atoms with E-state index in [9.17, 15) is 4.79 Å². The van der Waals surface area contributed by atoms with Crippen molar-refractivity contribution in [2.45, 2.75) is 25.3 Å². The van der Waals surface area contributed by atoms with Crippen LogP contribution in [0.15, 0.2) is 67.3 Å². The molecule has 202 valence electrons. The molecule has 13 heteroatoms. The Kier molecular flexibility index (Phi) is 6.91. The van der Waals surface area contributed by atoms with Crippen LogP contribution in [0.4, 0.5) is 14.9 Å². The molecule has 1 unspecified atom stereocenters. The normalized spacial score (nSPS) is 13.7. The van der Waals surface area contributed by atoms with Gasteiger partial charge in [-0.2, -0.15) is 4.68 Å². The lowest BCUT2D eigenvalue weighted by Gasteiger charge is -2.17. The van der Waals surface area contributed by atoms with E-state index in [0.29, 0.717) is 28.6 Å². The Bertz CT molecular complexity index is 1640. The van der Waals surface area contributed by atoms with E-state index in [2.05, 4.69) is 35.9 Å². The third kappa shape index (κ3) is 5.25. The summed E-state index contributed by atoms with van der Waals surface area (Å²) in [6.45, 7) is 0. The van der Waals surface area contributed by atoms with Crippen LogP contribution in [0.3, 0.4) is 0 Å². The van der Waals surface area contributed by atoms with E-state index in [1.54, 1.807) is 24.4 Å². The third-order valence-electron chi connectivity index (χ3n) is 6.78. The molecule has 0 bridgehead atoms. The molecule has 2 aromatic carbocycles. The number of aromatic nitrogens is 8. The first-order valence-electron chi connectivity index (χ1n) is 12.5. The van der Waals surface area contributed by atoms with E-state index in [1.807, 2.05) is 35.1 Å². The fourth-order valence-electron chi connectivity index (χ4n) is 4.52. The molecule has 0 saturated heterocycles. The summed E-state index contributed by atoms with van der Waals surface area (Å²) < 4.78 is 23.1. The highest BCUT2D eigenvalue weighted by molar-refractivity contribution is 6.31. The van der Waals surface area contributed by atoms with Crippen molar-refractivity contribution in [1.29, 1.82) is 0 Å². The first kappa shape index (κ1) is 25.6. The molecule has 1 N–H and O–H groups in total. The van der Waals surface area contributed by atoms with Crippen LogP contribution in [-0.4, -0.2) is 53.4 Å². The van der Waals surface area contributed by atoms with Crippen molar-refractivity contribution in [3.05, 3.63) is 83.8 Å². The zero-order valence-electron chi connectivity index (χ0n) is 21.3. The molecule has 1 fully saturated rings. The maximum Gasteiger partial charge on any atom is 0.411 e. The smallest absolute Gasteiger partial charge is 0.411 e. The van der Waals surface area contributed by atoms with Gasteiger partial charge in [0.25, 0.3) is 0 Å². The molecule has 40 heavy (non-hydrogen) atoms. The summed E-state index contributed by atoms with van der Waals surface area (Å²) in [7, 11) is 1.31. The highest BCUT2D eigenvalue weighted by Crippen LogP contribution is 2.40. The minimum atomic E-state index is -0.576. The minimum Gasteiger partial charge on any atom is -0.453 e. The van der Waals surface area contributed by atoms with Crippen LogP contribution in [0.25, 0.3) is 28.1 Å². The number of methoxy groups -OCH3 is 1. The number of ether oxygens (including phenoxy) is 1. The van der Waals surface area contributed by atoms with Crippen molar-refractivity contribution in [1.82, 2.24) is 40.2 Å². The Hall–Kier alpha value is -4.71. The van der Waals surface area contributed by atoms with Gasteiger partial charge in [-0.1, -0.05) is 47.9 Å². The largest absolute Gasteiger partial charge is 0.453 e. The second-order valence-corrected chi connectivity index (χ2v) is 9.86. The van der Waals surface area contributed by atoms with E-state index >= 15 is 4.39 Å². The van der Waals surface area contributed by atoms with Gasteiger partial charge in [0.15, 0.2) is 5.82 Å². The molecule has 1 saturated carbocycles.